The number of oxime groups is 1. The maximum atomic E-state index is 12.9. The van der Waals surface area contributed by atoms with Crippen LogP contribution in [0.4, 0.5) is 18.9 Å². The molecule has 0 heterocycles. The van der Waals surface area contributed by atoms with Gasteiger partial charge in [0.25, 0.3) is 10.2 Å². The number of nitrogens with zero attached hydrogens (tertiary/aromatic N) is 1. The Labute approximate surface area is 118 Å². The Morgan fingerprint density at radius 1 is 1.43 bits per heavy atom. The van der Waals surface area contributed by atoms with E-state index in [0.717, 1.165) is 12.1 Å². The molecule has 7 nitrogen and oxygen atoms in total. The average molecular weight is 326 g/mol. The highest BCUT2D eigenvalue weighted by Crippen LogP contribution is 2.34. The van der Waals surface area contributed by atoms with E-state index in [1.807, 2.05) is 4.72 Å². The van der Waals surface area contributed by atoms with Gasteiger partial charge in [0, 0.05) is 12.1 Å². The van der Waals surface area contributed by atoms with Crippen LogP contribution in [0.25, 0.3) is 0 Å². The maximum Gasteiger partial charge on any atom is 0.417 e. The van der Waals surface area contributed by atoms with Gasteiger partial charge in [0.05, 0.1) is 11.3 Å². The number of amidine groups is 1. The van der Waals surface area contributed by atoms with Gasteiger partial charge in [-0.05, 0) is 18.2 Å². The molecule has 0 spiro atoms. The van der Waals surface area contributed by atoms with Crippen LogP contribution in [0.3, 0.4) is 0 Å². The highest BCUT2D eigenvalue weighted by atomic mass is 32.2. The average Bonchev–Trinajstić information content (AvgIpc) is 2.36. The van der Waals surface area contributed by atoms with Gasteiger partial charge in [-0.1, -0.05) is 12.1 Å². The van der Waals surface area contributed by atoms with Gasteiger partial charge in [-0.3, -0.25) is 4.72 Å². The first-order chi connectivity index (χ1) is 9.60. The molecule has 118 valence electrons. The molecule has 1 rings (SSSR count). The molecule has 0 fully saturated rings. The van der Waals surface area contributed by atoms with E-state index in [4.69, 9.17) is 10.9 Å². The van der Waals surface area contributed by atoms with Crippen molar-refractivity contribution in [2.45, 2.75) is 13.1 Å². The van der Waals surface area contributed by atoms with Crippen molar-refractivity contribution in [2.75, 3.05) is 11.3 Å². The van der Waals surface area contributed by atoms with Gasteiger partial charge in [0.15, 0.2) is 5.84 Å². The third kappa shape index (κ3) is 4.49. The third-order valence-corrected chi connectivity index (χ3v) is 3.47. The molecule has 0 aromatic heterocycles. The molecule has 21 heavy (non-hydrogen) atoms. The van der Waals surface area contributed by atoms with Crippen LogP contribution in [0.1, 0.15) is 18.1 Å². The number of anilines is 1. The van der Waals surface area contributed by atoms with Crippen LogP contribution in [0.5, 0.6) is 0 Å². The lowest BCUT2D eigenvalue weighted by Crippen LogP contribution is -2.30. The number of alkyl halides is 3. The molecule has 0 bridgehead atoms. The first-order valence-electron chi connectivity index (χ1n) is 5.57. The largest absolute Gasteiger partial charge is 0.417 e. The van der Waals surface area contributed by atoms with E-state index in [1.54, 1.807) is 0 Å². The van der Waals surface area contributed by atoms with Crippen LogP contribution in [-0.2, 0) is 16.4 Å². The van der Waals surface area contributed by atoms with Gasteiger partial charge in [-0.15, -0.1) is 0 Å². The molecule has 0 atom stereocenters. The summed E-state index contributed by atoms with van der Waals surface area (Å²) in [6.07, 6.45) is -4.80. The van der Waals surface area contributed by atoms with E-state index in [-0.39, 0.29) is 12.2 Å². The molecule has 0 aliphatic carbocycles. The predicted octanol–water partition coefficient (Wildman–Crippen LogP) is 1.07. The van der Waals surface area contributed by atoms with Gasteiger partial charge in [0.2, 0.25) is 0 Å². The number of benzene rings is 1. The fourth-order valence-electron chi connectivity index (χ4n) is 1.50. The Bertz CT molecular complexity index is 643. The monoisotopic (exact) mass is 326 g/mol. The Morgan fingerprint density at radius 2 is 2.05 bits per heavy atom. The SMILES string of the molecule is CCNS(=O)(=O)Nc1ccc(/C(N)=N/O)c(C(F)(F)F)c1. The second kappa shape index (κ2) is 6.18. The van der Waals surface area contributed by atoms with Crippen LogP contribution >= 0.6 is 0 Å². The van der Waals surface area contributed by atoms with E-state index < -0.39 is 33.3 Å². The summed E-state index contributed by atoms with van der Waals surface area (Å²) < 4.78 is 65.7. The molecule has 0 unspecified atom stereocenters. The standard InChI is InChI=1S/C10H13F3N4O3S/c1-2-15-21(19,20)17-6-3-4-7(9(14)16-18)8(5-6)10(11,12)13/h3-5,15,17-18H,2H2,1H3,(H2,14,16). The Hall–Kier alpha value is -2.01. The van der Waals surface area contributed by atoms with E-state index in [0.29, 0.717) is 6.07 Å². The maximum absolute atomic E-state index is 12.9. The number of hydrogen-bond donors (Lipinski definition) is 4. The summed E-state index contributed by atoms with van der Waals surface area (Å²) in [7, 11) is -3.96. The molecule has 0 saturated heterocycles. The van der Waals surface area contributed by atoms with Crippen LogP contribution < -0.4 is 15.2 Å². The lowest BCUT2D eigenvalue weighted by atomic mass is 10.1. The predicted molar refractivity (Wildman–Crippen MR) is 70.2 cm³/mol. The second-order valence-corrected chi connectivity index (χ2v) is 5.35. The summed E-state index contributed by atoms with van der Waals surface area (Å²) >= 11 is 0. The number of nitrogens with one attached hydrogen (secondary N) is 2. The summed E-state index contributed by atoms with van der Waals surface area (Å²) in [5.41, 5.74) is 3.07. The summed E-state index contributed by atoms with van der Waals surface area (Å²) in [5, 5.41) is 11.0. The minimum Gasteiger partial charge on any atom is -0.409 e. The molecule has 5 N–H and O–H groups in total. The van der Waals surface area contributed by atoms with Crippen LogP contribution in [0.2, 0.25) is 0 Å². The minimum atomic E-state index is -4.80. The second-order valence-electron chi connectivity index (χ2n) is 3.85. The van der Waals surface area contributed by atoms with Crippen LogP contribution in [0, 0.1) is 0 Å². The molecule has 0 aliphatic rings. The van der Waals surface area contributed by atoms with Crippen molar-refractivity contribution in [3.05, 3.63) is 29.3 Å². The summed E-state index contributed by atoms with van der Waals surface area (Å²) in [6.45, 7) is 1.59. The fraction of sp³-hybridized carbons (Fsp3) is 0.300. The van der Waals surface area contributed by atoms with Crippen molar-refractivity contribution in [2.24, 2.45) is 10.9 Å². The Kier molecular flexibility index (Phi) is 5.01. The van der Waals surface area contributed by atoms with Gasteiger partial charge in [0.1, 0.15) is 0 Å². The van der Waals surface area contributed by atoms with Crippen molar-refractivity contribution in [1.29, 1.82) is 0 Å². The van der Waals surface area contributed by atoms with Crippen molar-refractivity contribution in [3.8, 4) is 0 Å². The van der Waals surface area contributed by atoms with Crippen LogP contribution in [-0.4, -0.2) is 26.0 Å². The first-order valence-corrected chi connectivity index (χ1v) is 7.05. The highest BCUT2D eigenvalue weighted by molar-refractivity contribution is 7.90. The first kappa shape index (κ1) is 17.0. The molecule has 0 saturated carbocycles. The molecule has 0 radical (unpaired) electrons. The number of halogens is 3. The van der Waals surface area contributed by atoms with Crippen LogP contribution in [0.15, 0.2) is 23.4 Å². The zero-order valence-corrected chi connectivity index (χ0v) is 11.6. The van der Waals surface area contributed by atoms with E-state index in [9.17, 15) is 21.6 Å². The molecular weight excluding hydrogens is 313 g/mol. The van der Waals surface area contributed by atoms with Crippen molar-refractivity contribution < 1.29 is 26.8 Å². The quantitative estimate of drug-likeness (QED) is 0.280. The minimum absolute atomic E-state index is 0.0731. The highest BCUT2D eigenvalue weighted by Gasteiger charge is 2.35. The van der Waals surface area contributed by atoms with E-state index in [1.165, 1.54) is 6.92 Å². The van der Waals surface area contributed by atoms with Gasteiger partial charge < -0.3 is 10.9 Å². The molecule has 11 heteroatoms. The molecule has 0 amide bonds. The Balaban J connectivity index is 3.30. The third-order valence-electron chi connectivity index (χ3n) is 2.30. The number of hydrogen-bond acceptors (Lipinski definition) is 4. The van der Waals surface area contributed by atoms with Crippen molar-refractivity contribution in [1.82, 2.24) is 4.72 Å². The summed E-state index contributed by atoms with van der Waals surface area (Å²) in [5.74, 6) is -0.733. The Morgan fingerprint density at radius 3 is 2.52 bits per heavy atom. The van der Waals surface area contributed by atoms with Crippen molar-refractivity contribution >= 4 is 21.7 Å². The van der Waals surface area contributed by atoms with Gasteiger partial charge >= 0.3 is 6.18 Å². The number of rotatable bonds is 5. The van der Waals surface area contributed by atoms with Crippen molar-refractivity contribution in [3.63, 3.8) is 0 Å². The van der Waals surface area contributed by atoms with Gasteiger partial charge in [-0.25, -0.2) is 0 Å². The molecule has 1 aromatic carbocycles. The normalized spacial score (nSPS) is 13.2. The van der Waals surface area contributed by atoms with E-state index in [2.05, 4.69) is 9.88 Å². The zero-order chi connectivity index (χ0) is 16.3. The molecule has 1 aromatic rings. The summed E-state index contributed by atoms with van der Waals surface area (Å²) in [6, 6.07) is 2.53. The smallest absolute Gasteiger partial charge is 0.409 e. The summed E-state index contributed by atoms with van der Waals surface area (Å²) in [4.78, 5) is 0. The lowest BCUT2D eigenvalue weighted by molar-refractivity contribution is -0.137. The molecular formula is C10H13F3N4O3S. The van der Waals surface area contributed by atoms with E-state index >= 15 is 0 Å². The zero-order valence-electron chi connectivity index (χ0n) is 10.8. The van der Waals surface area contributed by atoms with Gasteiger partial charge in [-0.2, -0.15) is 26.3 Å². The lowest BCUT2D eigenvalue weighted by Gasteiger charge is -2.14. The number of nitrogens with two attached hydrogens (primary N) is 1. The fourth-order valence-corrected chi connectivity index (χ4v) is 2.39. The topological polar surface area (TPSA) is 117 Å². The molecule has 0 aliphatic heterocycles.